The largest absolute Gasteiger partial charge is 0.494 e. The highest BCUT2D eigenvalue weighted by Gasteiger charge is 2.76. The first-order valence-electron chi connectivity index (χ1n) is 17.3. The smallest absolute Gasteiger partial charge is 0.247 e. The van der Waals surface area contributed by atoms with Crippen LogP contribution >= 0.6 is 11.8 Å². The molecule has 3 saturated heterocycles. The molecule has 260 valence electrons. The molecule has 9 heteroatoms. The summed E-state index contributed by atoms with van der Waals surface area (Å²) in [5.41, 5.74) is 0.214. The molecule has 1 N–H and O–H groups in total. The van der Waals surface area contributed by atoms with Gasteiger partial charge in [-0.15, -0.1) is 24.9 Å². The molecule has 6 atom stereocenters. The van der Waals surface area contributed by atoms with E-state index in [1.807, 2.05) is 41.0 Å². The van der Waals surface area contributed by atoms with Crippen LogP contribution in [0.15, 0.2) is 49.6 Å². The summed E-state index contributed by atoms with van der Waals surface area (Å²) in [6.45, 7) is 24.5. The highest BCUT2D eigenvalue weighted by atomic mass is 32.2. The van der Waals surface area contributed by atoms with Gasteiger partial charge >= 0.3 is 0 Å². The quantitative estimate of drug-likeness (QED) is 0.164. The maximum atomic E-state index is 15.1. The van der Waals surface area contributed by atoms with Gasteiger partial charge in [-0.25, -0.2) is 0 Å². The molecule has 1 spiro atoms. The third-order valence-electron chi connectivity index (χ3n) is 10.1. The van der Waals surface area contributed by atoms with Crippen molar-refractivity contribution in [2.24, 2.45) is 23.2 Å². The minimum absolute atomic E-state index is 0.0274. The zero-order valence-electron chi connectivity index (χ0n) is 29.7. The fraction of sp³-hybridized carbons (Fsp3) is 0.658. The third kappa shape index (κ3) is 7.17. The number of carbonyl (C=O) groups excluding carboxylic acids is 3. The number of hydrogen-bond acceptors (Lipinski definition) is 6. The zero-order valence-corrected chi connectivity index (χ0v) is 30.5. The summed E-state index contributed by atoms with van der Waals surface area (Å²) < 4.78 is 4.91. The predicted molar refractivity (Wildman–Crippen MR) is 192 cm³/mol. The number of anilines is 1. The van der Waals surface area contributed by atoms with Crippen molar-refractivity contribution in [3.8, 4) is 5.75 Å². The normalized spacial score (nSPS) is 26.7. The lowest BCUT2D eigenvalue weighted by Crippen LogP contribution is -2.61. The van der Waals surface area contributed by atoms with E-state index in [1.165, 1.54) is 0 Å². The predicted octanol–water partition coefficient (Wildman–Crippen LogP) is 6.33. The van der Waals surface area contributed by atoms with Crippen molar-refractivity contribution in [1.82, 2.24) is 9.80 Å². The molecule has 1 aromatic carbocycles. The number of carbonyl (C=O) groups is 3. The fourth-order valence-corrected chi connectivity index (χ4v) is 11.1. The first-order chi connectivity index (χ1) is 22.2. The Kier molecular flexibility index (Phi) is 11.6. The number of aliphatic hydroxyl groups is 1. The Morgan fingerprint density at radius 2 is 1.72 bits per heavy atom. The standard InChI is InChI=1S/C38H57N3O5S/c1-10-20-39(27-16-18-28(19-17-27)46-12-3)33(43)30-29-24-26(4)38(47-29)31(30)34(44)40(22-14-13-15-23-42)32(38)35(45)41(21-11-2)37(8,9)25-36(5,6)7/h10-11,16-19,26,29-32,42H,1-2,12-15,20-25H2,3-9H3/t26?,29-,30+,31+,32?,38?/m1/s1. The molecule has 3 amide bonds. The van der Waals surface area contributed by atoms with Gasteiger partial charge in [0.05, 0.1) is 23.2 Å². The number of aliphatic hydroxyl groups excluding tert-OH is 1. The van der Waals surface area contributed by atoms with Crippen LogP contribution in [0.25, 0.3) is 0 Å². The first-order valence-corrected chi connectivity index (χ1v) is 18.2. The highest BCUT2D eigenvalue weighted by molar-refractivity contribution is 8.02. The number of likely N-dealkylation sites (tertiary alicyclic amines) is 1. The summed E-state index contributed by atoms with van der Waals surface area (Å²) in [5.74, 6) is -0.600. The van der Waals surface area contributed by atoms with Gasteiger partial charge in [-0.1, -0.05) is 39.8 Å². The number of amides is 3. The molecule has 3 fully saturated rings. The van der Waals surface area contributed by atoms with Gasteiger partial charge in [0.2, 0.25) is 17.7 Å². The molecule has 47 heavy (non-hydrogen) atoms. The van der Waals surface area contributed by atoms with Crippen LogP contribution in [-0.4, -0.2) is 87.1 Å². The van der Waals surface area contributed by atoms with Gasteiger partial charge in [-0.2, -0.15) is 0 Å². The second kappa shape index (κ2) is 14.8. The van der Waals surface area contributed by atoms with Gasteiger partial charge in [0.25, 0.3) is 0 Å². The molecule has 3 aliphatic rings. The molecular formula is C38H57N3O5S. The number of rotatable bonds is 16. The van der Waals surface area contributed by atoms with E-state index in [9.17, 15) is 14.7 Å². The van der Waals surface area contributed by atoms with E-state index in [4.69, 9.17) is 4.74 Å². The van der Waals surface area contributed by atoms with E-state index in [2.05, 4.69) is 54.7 Å². The Balaban J connectivity index is 1.78. The van der Waals surface area contributed by atoms with Crippen molar-refractivity contribution in [1.29, 1.82) is 0 Å². The van der Waals surface area contributed by atoms with Gasteiger partial charge in [-0.3, -0.25) is 14.4 Å². The molecule has 3 unspecified atom stereocenters. The van der Waals surface area contributed by atoms with Gasteiger partial charge in [0.15, 0.2) is 0 Å². The van der Waals surface area contributed by atoms with Crippen LogP contribution in [0.1, 0.15) is 80.6 Å². The second-order valence-corrected chi connectivity index (χ2v) is 16.9. The van der Waals surface area contributed by atoms with Crippen molar-refractivity contribution in [3.63, 3.8) is 0 Å². The average molecular weight is 668 g/mol. The molecule has 0 saturated carbocycles. The van der Waals surface area contributed by atoms with E-state index in [-0.39, 0.29) is 40.9 Å². The molecule has 3 aliphatic heterocycles. The van der Waals surface area contributed by atoms with Crippen LogP contribution in [0, 0.1) is 23.2 Å². The van der Waals surface area contributed by atoms with Crippen molar-refractivity contribution in [2.75, 3.05) is 37.7 Å². The van der Waals surface area contributed by atoms with Crippen LogP contribution in [0.5, 0.6) is 5.75 Å². The van der Waals surface area contributed by atoms with E-state index < -0.39 is 28.2 Å². The molecule has 8 nitrogen and oxygen atoms in total. The molecular weight excluding hydrogens is 611 g/mol. The first kappa shape index (κ1) is 37.0. The van der Waals surface area contributed by atoms with E-state index in [1.54, 1.807) is 28.8 Å². The minimum atomic E-state index is -0.716. The maximum absolute atomic E-state index is 15.1. The van der Waals surface area contributed by atoms with Crippen molar-refractivity contribution >= 4 is 35.2 Å². The highest BCUT2D eigenvalue weighted by Crippen LogP contribution is 2.69. The van der Waals surface area contributed by atoms with Gasteiger partial charge in [0.1, 0.15) is 11.8 Å². The number of ether oxygens (including phenoxy) is 1. The molecule has 2 bridgehead atoms. The molecule has 0 radical (unpaired) electrons. The number of thioether (sulfide) groups is 1. The Morgan fingerprint density at radius 3 is 2.30 bits per heavy atom. The molecule has 0 aliphatic carbocycles. The number of fused-ring (bicyclic) bond motifs is 1. The third-order valence-corrected chi connectivity index (χ3v) is 12.2. The zero-order chi connectivity index (χ0) is 34.7. The van der Waals surface area contributed by atoms with Gasteiger partial charge < -0.3 is 24.5 Å². The summed E-state index contributed by atoms with van der Waals surface area (Å²) in [5, 5.41) is 9.37. The van der Waals surface area contributed by atoms with Crippen LogP contribution in [-0.2, 0) is 14.4 Å². The molecule has 1 aromatic rings. The Labute approximate surface area is 287 Å². The number of unbranched alkanes of at least 4 members (excludes halogenated alkanes) is 2. The number of benzene rings is 1. The van der Waals surface area contributed by atoms with Gasteiger partial charge in [0, 0.05) is 42.7 Å². The van der Waals surface area contributed by atoms with E-state index in [0.717, 1.165) is 30.7 Å². The lowest BCUT2D eigenvalue weighted by atomic mass is 9.65. The Bertz CT molecular complexity index is 1310. The Morgan fingerprint density at radius 1 is 1.06 bits per heavy atom. The van der Waals surface area contributed by atoms with Crippen LogP contribution in [0.3, 0.4) is 0 Å². The lowest BCUT2D eigenvalue weighted by Gasteiger charge is -2.47. The summed E-state index contributed by atoms with van der Waals surface area (Å²) >= 11 is 1.71. The summed E-state index contributed by atoms with van der Waals surface area (Å²) in [4.78, 5) is 50.0. The topological polar surface area (TPSA) is 90.4 Å². The maximum Gasteiger partial charge on any atom is 0.247 e. The summed E-state index contributed by atoms with van der Waals surface area (Å²) in [6.07, 6.45) is 7.12. The average Bonchev–Trinajstić information content (AvgIpc) is 3.59. The van der Waals surface area contributed by atoms with Crippen LogP contribution in [0.4, 0.5) is 5.69 Å². The number of nitrogens with zero attached hydrogens (tertiary/aromatic N) is 3. The summed E-state index contributed by atoms with van der Waals surface area (Å²) in [7, 11) is 0. The van der Waals surface area contributed by atoms with Crippen LogP contribution < -0.4 is 9.64 Å². The van der Waals surface area contributed by atoms with Crippen molar-refractivity contribution in [3.05, 3.63) is 49.6 Å². The molecule has 4 rings (SSSR count). The SMILES string of the molecule is C=CCN(C(=O)[C@@H]1[C@H]2C(=O)N(CCCCCO)C(C(=O)N(CC=C)C(C)(C)CC(C)(C)C)C23S[C@@H]1CC3C)c1ccc(OCC)cc1. The fourth-order valence-electron chi connectivity index (χ4n) is 8.72. The van der Waals surface area contributed by atoms with Crippen LogP contribution in [0.2, 0.25) is 0 Å². The van der Waals surface area contributed by atoms with Crippen molar-refractivity contribution in [2.45, 2.75) is 102 Å². The van der Waals surface area contributed by atoms with Crippen molar-refractivity contribution < 1.29 is 24.2 Å². The van der Waals surface area contributed by atoms with E-state index >= 15 is 4.79 Å². The summed E-state index contributed by atoms with van der Waals surface area (Å²) in [6, 6.07) is 6.79. The van der Waals surface area contributed by atoms with E-state index in [0.29, 0.717) is 39.1 Å². The number of hydrogen-bond donors (Lipinski definition) is 1. The minimum Gasteiger partial charge on any atom is -0.494 e. The Hall–Kier alpha value is -2.78. The second-order valence-electron chi connectivity index (χ2n) is 15.3. The monoisotopic (exact) mass is 667 g/mol. The lowest BCUT2D eigenvalue weighted by molar-refractivity contribution is -0.146. The molecule has 0 aromatic heterocycles. The van der Waals surface area contributed by atoms with Gasteiger partial charge in [-0.05, 0) is 88.5 Å². The molecule has 3 heterocycles.